The molecule has 4 heteroatoms. The largest absolute Gasteiger partial charge is 0.493 e. The predicted octanol–water partition coefficient (Wildman–Crippen LogP) is 2.50. The highest BCUT2D eigenvalue weighted by atomic mass is 16.5. The van der Waals surface area contributed by atoms with Gasteiger partial charge < -0.3 is 9.84 Å². The fourth-order valence-corrected chi connectivity index (χ4v) is 2.74. The van der Waals surface area contributed by atoms with Crippen molar-refractivity contribution in [2.24, 2.45) is 0 Å². The first-order chi connectivity index (χ1) is 9.78. The molecule has 1 aliphatic heterocycles. The number of nitrogens with zero attached hydrogens (tertiary/aromatic N) is 2. The summed E-state index contributed by atoms with van der Waals surface area (Å²) in [5.74, 6) is 1.01. The van der Waals surface area contributed by atoms with Crippen LogP contribution in [0, 0.1) is 0 Å². The number of aliphatic hydroxyl groups is 1. The lowest BCUT2D eigenvalue weighted by molar-refractivity contribution is 0.157. The van der Waals surface area contributed by atoms with Crippen molar-refractivity contribution >= 4 is 0 Å². The average molecular weight is 272 g/mol. The normalized spacial score (nSPS) is 14.9. The Balaban J connectivity index is 1.64. The number of hydrogen-bond acceptors (Lipinski definition) is 3. The highest BCUT2D eigenvalue weighted by Gasteiger charge is 2.15. The van der Waals surface area contributed by atoms with Gasteiger partial charge >= 0.3 is 0 Å². The molecular weight excluding hydrogens is 252 g/mol. The molecule has 1 N–H and O–H groups in total. The Morgan fingerprint density at radius 2 is 2.30 bits per heavy atom. The van der Waals surface area contributed by atoms with E-state index in [0.717, 1.165) is 37.4 Å². The molecule has 0 amide bonds. The summed E-state index contributed by atoms with van der Waals surface area (Å²) in [7, 11) is 0. The number of fused-ring (bicyclic) bond motifs is 1. The number of benzene rings is 1. The molecule has 1 atom stereocenters. The molecule has 1 aromatic heterocycles. The zero-order valence-electron chi connectivity index (χ0n) is 11.7. The van der Waals surface area contributed by atoms with Gasteiger partial charge in [0.2, 0.25) is 0 Å². The maximum Gasteiger partial charge on any atom is 0.122 e. The van der Waals surface area contributed by atoms with Gasteiger partial charge in [0.1, 0.15) is 5.75 Å². The van der Waals surface area contributed by atoms with E-state index in [4.69, 9.17) is 4.74 Å². The number of aromatic nitrogens is 2. The third-order valence-electron chi connectivity index (χ3n) is 3.85. The van der Waals surface area contributed by atoms with Crippen LogP contribution in [0.25, 0.3) is 0 Å². The lowest BCUT2D eigenvalue weighted by Gasteiger charge is -2.12. The van der Waals surface area contributed by atoms with Gasteiger partial charge in [0, 0.05) is 19.2 Å². The molecule has 0 spiro atoms. The maximum absolute atomic E-state index is 10.3. The molecule has 1 aromatic carbocycles. The van der Waals surface area contributed by atoms with Gasteiger partial charge in [-0.05, 0) is 43.0 Å². The maximum atomic E-state index is 10.3. The van der Waals surface area contributed by atoms with Crippen LogP contribution in [0.1, 0.15) is 36.3 Å². The Morgan fingerprint density at radius 1 is 1.40 bits per heavy atom. The Morgan fingerprint density at radius 3 is 3.15 bits per heavy atom. The molecule has 0 bridgehead atoms. The lowest BCUT2D eigenvalue weighted by atomic mass is 10.0. The van der Waals surface area contributed by atoms with E-state index >= 15 is 0 Å². The van der Waals surface area contributed by atoms with Crippen molar-refractivity contribution in [1.29, 1.82) is 0 Å². The summed E-state index contributed by atoms with van der Waals surface area (Å²) in [5.41, 5.74) is 3.45. The third kappa shape index (κ3) is 2.56. The summed E-state index contributed by atoms with van der Waals surface area (Å²) in [6.07, 6.45) is 3.86. The van der Waals surface area contributed by atoms with Crippen LogP contribution in [0.2, 0.25) is 0 Å². The molecule has 4 nitrogen and oxygen atoms in total. The van der Waals surface area contributed by atoms with Gasteiger partial charge in [-0.15, -0.1) is 0 Å². The van der Waals surface area contributed by atoms with Crippen molar-refractivity contribution in [3.63, 3.8) is 0 Å². The van der Waals surface area contributed by atoms with Gasteiger partial charge in [0.15, 0.2) is 0 Å². The van der Waals surface area contributed by atoms with E-state index in [0.29, 0.717) is 6.42 Å². The van der Waals surface area contributed by atoms with E-state index in [1.807, 2.05) is 23.7 Å². The molecular formula is C16H20N2O2. The smallest absolute Gasteiger partial charge is 0.122 e. The summed E-state index contributed by atoms with van der Waals surface area (Å²) < 4.78 is 7.36. The van der Waals surface area contributed by atoms with Crippen LogP contribution in [-0.4, -0.2) is 21.5 Å². The number of ether oxygens (including phenoxy) is 1. The average Bonchev–Trinajstić information content (AvgIpc) is 3.12. The molecule has 0 radical (unpaired) electrons. The lowest BCUT2D eigenvalue weighted by Crippen LogP contribution is -2.08. The van der Waals surface area contributed by atoms with Crippen LogP contribution < -0.4 is 4.74 Å². The van der Waals surface area contributed by atoms with Crippen LogP contribution in [-0.2, 0) is 19.4 Å². The molecule has 1 unspecified atom stereocenters. The number of aliphatic hydroxyl groups excluding tert-OH is 1. The molecule has 2 heterocycles. The second-order valence-electron chi connectivity index (χ2n) is 5.17. The zero-order chi connectivity index (χ0) is 13.9. The van der Waals surface area contributed by atoms with Gasteiger partial charge in [0.25, 0.3) is 0 Å². The van der Waals surface area contributed by atoms with E-state index in [-0.39, 0.29) is 0 Å². The standard InChI is InChI=1S/C16H20N2O2/c1-2-18-14(7-9-17-18)15(19)5-3-12-4-6-16-13(11-12)8-10-20-16/h4,6-7,9,11,15,19H,2-3,5,8,10H2,1H3. The van der Waals surface area contributed by atoms with Crippen LogP contribution in [0.4, 0.5) is 0 Å². The molecule has 20 heavy (non-hydrogen) atoms. The third-order valence-corrected chi connectivity index (χ3v) is 3.85. The molecule has 0 saturated carbocycles. The molecule has 0 saturated heterocycles. The molecule has 0 fully saturated rings. The van der Waals surface area contributed by atoms with Crippen LogP contribution in [0.15, 0.2) is 30.5 Å². The first-order valence-corrected chi connectivity index (χ1v) is 7.22. The van der Waals surface area contributed by atoms with Crippen molar-refractivity contribution in [2.75, 3.05) is 6.61 Å². The van der Waals surface area contributed by atoms with Crippen LogP contribution in [0.3, 0.4) is 0 Å². The van der Waals surface area contributed by atoms with Crippen LogP contribution >= 0.6 is 0 Å². The number of aryl methyl sites for hydroxylation is 2. The SMILES string of the molecule is CCn1nccc1C(O)CCc1ccc2c(c1)CCO2. The van der Waals surface area contributed by atoms with Crippen molar-refractivity contribution in [3.05, 3.63) is 47.3 Å². The summed E-state index contributed by atoms with van der Waals surface area (Å²) >= 11 is 0. The van der Waals surface area contributed by atoms with Gasteiger partial charge in [-0.1, -0.05) is 12.1 Å². The quantitative estimate of drug-likeness (QED) is 0.909. The van der Waals surface area contributed by atoms with Crippen molar-refractivity contribution in [3.8, 4) is 5.75 Å². The monoisotopic (exact) mass is 272 g/mol. The first kappa shape index (κ1) is 13.2. The predicted molar refractivity (Wildman–Crippen MR) is 76.8 cm³/mol. The second kappa shape index (κ2) is 5.67. The summed E-state index contributed by atoms with van der Waals surface area (Å²) in [4.78, 5) is 0. The van der Waals surface area contributed by atoms with E-state index in [1.54, 1.807) is 6.20 Å². The van der Waals surface area contributed by atoms with E-state index < -0.39 is 6.10 Å². The summed E-state index contributed by atoms with van der Waals surface area (Å²) in [6, 6.07) is 8.23. The van der Waals surface area contributed by atoms with Gasteiger partial charge in [-0.2, -0.15) is 5.10 Å². The highest BCUT2D eigenvalue weighted by Crippen LogP contribution is 2.27. The zero-order valence-corrected chi connectivity index (χ0v) is 11.7. The minimum Gasteiger partial charge on any atom is -0.493 e. The van der Waals surface area contributed by atoms with Crippen molar-refractivity contribution in [2.45, 2.75) is 38.8 Å². The Kier molecular flexibility index (Phi) is 3.74. The van der Waals surface area contributed by atoms with E-state index in [1.165, 1.54) is 11.1 Å². The Hall–Kier alpha value is -1.81. The van der Waals surface area contributed by atoms with Crippen LogP contribution in [0.5, 0.6) is 5.75 Å². The second-order valence-corrected chi connectivity index (χ2v) is 5.17. The van der Waals surface area contributed by atoms with Gasteiger partial charge in [-0.25, -0.2) is 0 Å². The molecule has 106 valence electrons. The van der Waals surface area contributed by atoms with E-state index in [9.17, 15) is 5.11 Å². The molecule has 2 aromatic rings. The Labute approximate surface area is 119 Å². The van der Waals surface area contributed by atoms with Gasteiger partial charge in [-0.3, -0.25) is 4.68 Å². The van der Waals surface area contributed by atoms with Crippen molar-refractivity contribution < 1.29 is 9.84 Å². The molecule has 0 aliphatic carbocycles. The fraction of sp³-hybridized carbons (Fsp3) is 0.438. The summed E-state index contributed by atoms with van der Waals surface area (Å²) in [6.45, 7) is 3.61. The Bertz CT molecular complexity index is 592. The molecule has 1 aliphatic rings. The van der Waals surface area contributed by atoms with Gasteiger partial charge in [0.05, 0.1) is 18.4 Å². The fourth-order valence-electron chi connectivity index (χ4n) is 2.74. The topological polar surface area (TPSA) is 47.3 Å². The minimum absolute atomic E-state index is 0.457. The number of rotatable bonds is 5. The van der Waals surface area contributed by atoms with E-state index in [2.05, 4.69) is 17.2 Å². The summed E-state index contributed by atoms with van der Waals surface area (Å²) in [5, 5.41) is 14.5. The minimum atomic E-state index is -0.457. The number of hydrogen-bond donors (Lipinski definition) is 1. The highest BCUT2D eigenvalue weighted by molar-refractivity contribution is 5.39. The van der Waals surface area contributed by atoms with Crippen molar-refractivity contribution in [1.82, 2.24) is 9.78 Å². The first-order valence-electron chi connectivity index (χ1n) is 7.22. The molecule has 3 rings (SSSR count).